The number of aliphatic hydroxyl groups excluding tert-OH is 1. The second-order valence-electron chi connectivity index (χ2n) is 6.75. The SMILES string of the molecule is CCCC(c1ccccc1)C(O)CC[N+](C)(C)C.COS(=O)(=O)[O-]. The van der Waals surface area contributed by atoms with Crippen LogP contribution in [0, 0.1) is 0 Å². The van der Waals surface area contributed by atoms with Gasteiger partial charge in [-0.05, 0) is 12.0 Å². The number of rotatable bonds is 8. The maximum Gasteiger partial charge on any atom is 0.217 e. The lowest BCUT2D eigenvalue weighted by Crippen LogP contribution is -2.38. The molecule has 1 aromatic carbocycles. The van der Waals surface area contributed by atoms with Gasteiger partial charge in [0.25, 0.3) is 0 Å². The first-order valence-corrected chi connectivity index (χ1v) is 9.38. The summed E-state index contributed by atoms with van der Waals surface area (Å²) >= 11 is 0. The lowest BCUT2D eigenvalue weighted by Gasteiger charge is -2.28. The van der Waals surface area contributed by atoms with Crippen molar-refractivity contribution in [1.82, 2.24) is 0 Å². The highest BCUT2D eigenvalue weighted by atomic mass is 32.3. The van der Waals surface area contributed by atoms with Gasteiger partial charge in [0.1, 0.15) is 0 Å². The zero-order chi connectivity index (χ0) is 18.8. The highest BCUT2D eigenvalue weighted by Gasteiger charge is 2.22. The Morgan fingerprint density at radius 1 is 1.17 bits per heavy atom. The molecular weight excluding hydrogens is 330 g/mol. The van der Waals surface area contributed by atoms with Gasteiger partial charge in [0, 0.05) is 12.3 Å². The van der Waals surface area contributed by atoms with E-state index in [1.54, 1.807) is 0 Å². The Hall–Kier alpha value is -0.990. The van der Waals surface area contributed by atoms with Gasteiger partial charge in [0.15, 0.2) is 0 Å². The molecule has 6 nitrogen and oxygen atoms in total. The Morgan fingerprint density at radius 3 is 2.04 bits per heavy atom. The van der Waals surface area contributed by atoms with Crippen LogP contribution in [0.1, 0.15) is 37.7 Å². The summed E-state index contributed by atoms with van der Waals surface area (Å²) < 4.78 is 31.9. The third-order valence-electron chi connectivity index (χ3n) is 3.59. The average Bonchev–Trinajstić information content (AvgIpc) is 2.50. The van der Waals surface area contributed by atoms with Crippen LogP contribution < -0.4 is 0 Å². The number of aliphatic hydroxyl groups is 1. The molecule has 24 heavy (non-hydrogen) atoms. The van der Waals surface area contributed by atoms with E-state index in [1.807, 2.05) is 6.07 Å². The molecule has 140 valence electrons. The van der Waals surface area contributed by atoms with Gasteiger partial charge in [0.05, 0.1) is 40.9 Å². The minimum Gasteiger partial charge on any atom is -0.726 e. The van der Waals surface area contributed by atoms with Gasteiger partial charge in [-0.2, -0.15) is 0 Å². The summed E-state index contributed by atoms with van der Waals surface area (Å²) in [4.78, 5) is 0. The Morgan fingerprint density at radius 2 is 1.67 bits per heavy atom. The summed E-state index contributed by atoms with van der Waals surface area (Å²) in [7, 11) is 2.91. The fourth-order valence-corrected chi connectivity index (χ4v) is 2.31. The summed E-state index contributed by atoms with van der Waals surface area (Å²) in [6.45, 7) is 3.19. The van der Waals surface area contributed by atoms with E-state index in [4.69, 9.17) is 0 Å². The average molecular weight is 362 g/mol. The number of nitrogens with zero attached hydrogens (tertiary/aromatic N) is 1. The summed E-state index contributed by atoms with van der Waals surface area (Å²) in [5.74, 6) is 0.280. The molecule has 0 bridgehead atoms. The second kappa shape index (κ2) is 10.8. The van der Waals surface area contributed by atoms with E-state index < -0.39 is 10.4 Å². The molecule has 1 rings (SSSR count). The summed E-state index contributed by atoms with van der Waals surface area (Å²) in [6, 6.07) is 10.4. The highest BCUT2D eigenvalue weighted by Crippen LogP contribution is 2.26. The van der Waals surface area contributed by atoms with Crippen molar-refractivity contribution in [3.8, 4) is 0 Å². The third kappa shape index (κ3) is 11.5. The summed E-state index contributed by atoms with van der Waals surface area (Å²) in [6.07, 6.45) is 2.80. The summed E-state index contributed by atoms with van der Waals surface area (Å²) in [5, 5.41) is 10.4. The van der Waals surface area contributed by atoms with Crippen molar-refractivity contribution < 1.29 is 26.7 Å². The molecule has 0 aliphatic rings. The van der Waals surface area contributed by atoms with Gasteiger partial charge < -0.3 is 14.1 Å². The molecule has 0 aromatic heterocycles. The van der Waals surface area contributed by atoms with Crippen molar-refractivity contribution in [3.63, 3.8) is 0 Å². The molecule has 2 atom stereocenters. The van der Waals surface area contributed by atoms with Crippen LogP contribution in [0.4, 0.5) is 0 Å². The predicted octanol–water partition coefficient (Wildman–Crippen LogP) is 2.12. The maximum atomic E-state index is 10.4. The van der Waals surface area contributed by atoms with E-state index in [9.17, 15) is 18.1 Å². The monoisotopic (exact) mass is 361 g/mol. The van der Waals surface area contributed by atoms with Crippen LogP contribution >= 0.6 is 0 Å². The van der Waals surface area contributed by atoms with Gasteiger partial charge in [-0.25, -0.2) is 8.42 Å². The van der Waals surface area contributed by atoms with Crippen LogP contribution in [0.25, 0.3) is 0 Å². The van der Waals surface area contributed by atoms with Crippen molar-refractivity contribution >= 4 is 10.4 Å². The van der Waals surface area contributed by atoms with Gasteiger partial charge in [-0.15, -0.1) is 0 Å². The Balaban J connectivity index is 0.000000754. The van der Waals surface area contributed by atoms with Crippen molar-refractivity contribution in [2.75, 3.05) is 34.8 Å². The lowest BCUT2D eigenvalue weighted by molar-refractivity contribution is -0.870. The molecule has 0 saturated carbocycles. The minimum absolute atomic E-state index is 0.232. The first-order chi connectivity index (χ1) is 11.0. The molecular formula is C17H31NO5S. The van der Waals surface area contributed by atoms with Gasteiger partial charge >= 0.3 is 0 Å². The molecule has 0 heterocycles. The van der Waals surface area contributed by atoms with Crippen LogP contribution in [0.15, 0.2) is 30.3 Å². The molecule has 0 fully saturated rings. The Kier molecular flexibility index (Phi) is 10.3. The first-order valence-electron chi connectivity index (χ1n) is 8.05. The molecule has 0 saturated heterocycles. The lowest BCUT2D eigenvalue weighted by atomic mass is 9.87. The first kappa shape index (κ1) is 23.0. The smallest absolute Gasteiger partial charge is 0.217 e. The molecule has 0 spiro atoms. The number of hydrogen-bond acceptors (Lipinski definition) is 5. The van der Waals surface area contributed by atoms with E-state index in [0.717, 1.165) is 37.4 Å². The van der Waals surface area contributed by atoms with E-state index in [2.05, 4.69) is 56.5 Å². The Labute approximate surface area is 146 Å². The van der Waals surface area contributed by atoms with Crippen LogP contribution in [0.3, 0.4) is 0 Å². The van der Waals surface area contributed by atoms with Gasteiger partial charge in [-0.3, -0.25) is 4.18 Å². The van der Waals surface area contributed by atoms with E-state index in [0.29, 0.717) is 0 Å². The van der Waals surface area contributed by atoms with E-state index in [-0.39, 0.29) is 12.0 Å². The molecule has 0 aliphatic carbocycles. The predicted molar refractivity (Wildman–Crippen MR) is 94.3 cm³/mol. The van der Waals surface area contributed by atoms with E-state index >= 15 is 0 Å². The van der Waals surface area contributed by atoms with Crippen molar-refractivity contribution in [3.05, 3.63) is 35.9 Å². The summed E-state index contributed by atoms with van der Waals surface area (Å²) in [5.41, 5.74) is 1.27. The fraction of sp³-hybridized carbons (Fsp3) is 0.647. The number of quaternary nitrogens is 1. The van der Waals surface area contributed by atoms with E-state index in [1.165, 1.54) is 5.56 Å². The number of benzene rings is 1. The fourth-order valence-electron chi connectivity index (χ4n) is 2.31. The maximum absolute atomic E-state index is 10.4. The standard InChI is InChI=1S/C16H28NO.CH4O4S/c1-5-9-15(14-10-7-6-8-11-14)16(18)12-13-17(2,3)4;1-5-6(2,3)4/h6-8,10-11,15-16,18H,5,9,12-13H2,1-4H3;1H3,(H,2,3,4)/q+1;/p-1. The molecule has 0 amide bonds. The zero-order valence-corrected chi connectivity index (χ0v) is 16.1. The number of hydrogen-bond donors (Lipinski definition) is 1. The highest BCUT2D eigenvalue weighted by molar-refractivity contribution is 7.80. The molecule has 1 N–H and O–H groups in total. The molecule has 2 unspecified atom stereocenters. The largest absolute Gasteiger partial charge is 0.726 e. The van der Waals surface area contributed by atoms with Crippen molar-refractivity contribution in [1.29, 1.82) is 0 Å². The van der Waals surface area contributed by atoms with Crippen LogP contribution in [0.5, 0.6) is 0 Å². The molecule has 0 radical (unpaired) electrons. The second-order valence-corrected chi connectivity index (χ2v) is 7.90. The van der Waals surface area contributed by atoms with Crippen LogP contribution in [-0.2, 0) is 14.6 Å². The quantitative estimate of drug-likeness (QED) is 0.435. The van der Waals surface area contributed by atoms with Gasteiger partial charge in [0.2, 0.25) is 10.4 Å². The minimum atomic E-state index is -4.41. The van der Waals surface area contributed by atoms with Crippen LogP contribution in [0.2, 0.25) is 0 Å². The van der Waals surface area contributed by atoms with Crippen molar-refractivity contribution in [2.45, 2.75) is 38.2 Å². The molecule has 1 aromatic rings. The molecule has 0 aliphatic heterocycles. The van der Waals surface area contributed by atoms with Crippen molar-refractivity contribution in [2.24, 2.45) is 0 Å². The topological polar surface area (TPSA) is 86.7 Å². The van der Waals surface area contributed by atoms with Gasteiger partial charge in [-0.1, -0.05) is 43.7 Å². The van der Waals surface area contributed by atoms with Crippen LogP contribution in [-0.4, -0.2) is 63.5 Å². The molecule has 7 heteroatoms. The normalized spacial score (nSPS) is 14.5. The zero-order valence-electron chi connectivity index (χ0n) is 15.3. The third-order valence-corrected chi connectivity index (χ3v) is 4.00. The Bertz CT molecular complexity index is 540.